The highest BCUT2D eigenvalue weighted by atomic mass is 16.5. The second kappa shape index (κ2) is 8.78. The van der Waals surface area contributed by atoms with Crippen LogP contribution in [0, 0.1) is 5.41 Å². The molecule has 2 aromatic heterocycles. The summed E-state index contributed by atoms with van der Waals surface area (Å²) >= 11 is 0. The normalized spacial score (nSPS) is 32.3. The van der Waals surface area contributed by atoms with Crippen molar-refractivity contribution in [3.8, 4) is 0 Å². The third kappa shape index (κ3) is 4.04. The summed E-state index contributed by atoms with van der Waals surface area (Å²) in [4.78, 5) is 2.72. The van der Waals surface area contributed by atoms with Crippen molar-refractivity contribution >= 4 is 0 Å². The van der Waals surface area contributed by atoms with Crippen molar-refractivity contribution in [3.05, 3.63) is 29.6 Å². The number of aliphatic hydroxyl groups is 1. The summed E-state index contributed by atoms with van der Waals surface area (Å²) in [5.74, 6) is 2.73. The number of rotatable bonds is 5. The minimum absolute atomic E-state index is 0.0479. The molecule has 1 N–H and O–H groups in total. The molecule has 4 aliphatic rings. The van der Waals surface area contributed by atoms with Gasteiger partial charge in [0.2, 0.25) is 0 Å². The van der Waals surface area contributed by atoms with Crippen LogP contribution in [-0.2, 0) is 18.4 Å². The lowest BCUT2D eigenvalue weighted by atomic mass is 9.76. The lowest BCUT2D eigenvalue weighted by Gasteiger charge is -2.52. The van der Waals surface area contributed by atoms with Crippen molar-refractivity contribution in [2.45, 2.75) is 88.3 Å². The maximum atomic E-state index is 9.39. The van der Waals surface area contributed by atoms with Crippen LogP contribution in [0.15, 0.2) is 12.4 Å². The molecular formula is C25H38N6O2. The predicted octanol–water partition coefficient (Wildman–Crippen LogP) is 3.15. The van der Waals surface area contributed by atoms with Crippen molar-refractivity contribution in [1.82, 2.24) is 29.4 Å². The van der Waals surface area contributed by atoms with E-state index in [0.717, 1.165) is 37.9 Å². The molecule has 33 heavy (non-hydrogen) atoms. The van der Waals surface area contributed by atoms with Crippen molar-refractivity contribution in [2.24, 2.45) is 12.5 Å². The zero-order valence-electron chi connectivity index (χ0n) is 19.9. The number of nitrogens with zero attached hydrogens (tertiary/aromatic N) is 6. The molecule has 0 radical (unpaired) electrons. The molecule has 8 nitrogen and oxygen atoms in total. The van der Waals surface area contributed by atoms with Crippen molar-refractivity contribution in [3.63, 3.8) is 0 Å². The summed E-state index contributed by atoms with van der Waals surface area (Å²) in [7, 11) is 1.97. The second-order valence-corrected chi connectivity index (χ2v) is 11.2. The smallest absolute Gasteiger partial charge is 0.158 e. The Morgan fingerprint density at radius 2 is 1.73 bits per heavy atom. The van der Waals surface area contributed by atoms with Gasteiger partial charge in [-0.25, -0.2) is 0 Å². The molecule has 0 bridgehead atoms. The van der Waals surface area contributed by atoms with Crippen LogP contribution in [0.1, 0.15) is 92.9 Å². The van der Waals surface area contributed by atoms with E-state index in [1.807, 2.05) is 11.6 Å². The zero-order valence-corrected chi connectivity index (χ0v) is 19.9. The molecule has 6 rings (SSSR count). The van der Waals surface area contributed by atoms with E-state index in [9.17, 15) is 5.11 Å². The Labute approximate surface area is 196 Å². The first-order valence-corrected chi connectivity index (χ1v) is 13.0. The first-order valence-electron chi connectivity index (χ1n) is 13.0. The molecule has 0 amide bonds. The molecule has 2 aliphatic heterocycles. The Bertz CT molecular complexity index is 940. The zero-order chi connectivity index (χ0) is 22.4. The Kier molecular flexibility index (Phi) is 5.79. The van der Waals surface area contributed by atoms with Crippen molar-refractivity contribution < 1.29 is 9.84 Å². The molecule has 2 aliphatic carbocycles. The quantitative estimate of drug-likeness (QED) is 0.748. The van der Waals surface area contributed by atoms with Gasteiger partial charge in [0, 0.05) is 50.3 Å². The van der Waals surface area contributed by atoms with Gasteiger partial charge >= 0.3 is 0 Å². The molecule has 8 heteroatoms. The van der Waals surface area contributed by atoms with Gasteiger partial charge in [-0.15, -0.1) is 10.2 Å². The lowest BCUT2D eigenvalue weighted by molar-refractivity contribution is -0.0475. The van der Waals surface area contributed by atoms with Crippen LogP contribution in [0.4, 0.5) is 0 Å². The minimum atomic E-state index is -0.0479. The Hall–Kier alpha value is -1.77. The van der Waals surface area contributed by atoms with Crippen LogP contribution in [0.3, 0.4) is 0 Å². The van der Waals surface area contributed by atoms with Gasteiger partial charge in [-0.2, -0.15) is 5.10 Å². The van der Waals surface area contributed by atoms with Crippen LogP contribution in [0.5, 0.6) is 0 Å². The van der Waals surface area contributed by atoms with Gasteiger partial charge in [0.1, 0.15) is 12.4 Å². The van der Waals surface area contributed by atoms with Crippen molar-refractivity contribution in [1.29, 1.82) is 0 Å². The SMILES string of the molecule is Cn1c(CO)nnc1[C@H]1CC[C@H](c2cnn([C@H]3CC[C@H](N4CC5(CCOC5)C4)CC3)c2)CC1. The Morgan fingerprint density at radius 3 is 2.39 bits per heavy atom. The summed E-state index contributed by atoms with van der Waals surface area (Å²) in [6.45, 7) is 4.42. The first-order chi connectivity index (χ1) is 16.1. The lowest BCUT2D eigenvalue weighted by Crippen LogP contribution is -2.60. The van der Waals surface area contributed by atoms with Gasteiger partial charge < -0.3 is 14.4 Å². The molecule has 2 saturated heterocycles. The average molecular weight is 455 g/mol. The van der Waals surface area contributed by atoms with E-state index in [2.05, 4.69) is 32.2 Å². The summed E-state index contributed by atoms with van der Waals surface area (Å²) < 4.78 is 9.90. The molecule has 1 spiro atoms. The van der Waals surface area contributed by atoms with Crippen LogP contribution in [-0.4, -0.2) is 66.9 Å². The van der Waals surface area contributed by atoms with Crippen LogP contribution in [0.2, 0.25) is 0 Å². The second-order valence-electron chi connectivity index (χ2n) is 11.2. The number of aliphatic hydroxyl groups excluding tert-OH is 1. The molecule has 4 fully saturated rings. The molecule has 0 atom stereocenters. The van der Waals surface area contributed by atoms with E-state index in [4.69, 9.17) is 9.84 Å². The molecular weight excluding hydrogens is 416 g/mol. The number of aromatic nitrogens is 5. The van der Waals surface area contributed by atoms with Crippen molar-refractivity contribution in [2.75, 3.05) is 26.3 Å². The monoisotopic (exact) mass is 454 g/mol. The Morgan fingerprint density at radius 1 is 1.00 bits per heavy atom. The van der Waals surface area contributed by atoms with E-state index in [0.29, 0.717) is 29.1 Å². The van der Waals surface area contributed by atoms with Gasteiger partial charge in [-0.3, -0.25) is 9.58 Å². The minimum Gasteiger partial charge on any atom is -0.388 e. The van der Waals surface area contributed by atoms with Gasteiger partial charge in [0.25, 0.3) is 0 Å². The third-order valence-electron chi connectivity index (χ3n) is 9.14. The number of likely N-dealkylation sites (tertiary alicyclic amines) is 1. The average Bonchev–Trinajstić information content (AvgIpc) is 3.58. The fourth-order valence-corrected chi connectivity index (χ4v) is 6.98. The fourth-order valence-electron chi connectivity index (χ4n) is 6.98. The number of hydrogen-bond acceptors (Lipinski definition) is 6. The number of hydrogen-bond donors (Lipinski definition) is 1. The maximum Gasteiger partial charge on any atom is 0.158 e. The first kappa shape index (κ1) is 21.7. The molecule has 0 unspecified atom stereocenters. The van der Waals surface area contributed by atoms with E-state index in [-0.39, 0.29) is 6.61 Å². The predicted molar refractivity (Wildman–Crippen MR) is 124 cm³/mol. The standard InChI is InChI=1S/C25H38N6O2/c1-29-23(14-32)27-28-24(29)19-4-2-18(3-5-19)20-12-26-31(13-20)22-8-6-21(7-9-22)30-15-25(16-30)10-11-33-17-25/h12-13,18-19,21-22,32H,2-11,14-17H2,1H3/t18-,19-,21-,22-. The van der Waals surface area contributed by atoms with Gasteiger partial charge in [0.05, 0.1) is 18.8 Å². The summed E-state index contributed by atoms with van der Waals surface area (Å²) in [6.07, 6.45) is 15.4. The topological polar surface area (TPSA) is 81.2 Å². The van der Waals surface area contributed by atoms with Gasteiger partial charge in [-0.1, -0.05) is 0 Å². The van der Waals surface area contributed by atoms with E-state index < -0.39 is 0 Å². The van der Waals surface area contributed by atoms with Gasteiger partial charge in [0.15, 0.2) is 5.82 Å². The highest BCUT2D eigenvalue weighted by Crippen LogP contribution is 2.43. The number of ether oxygens (including phenoxy) is 1. The van der Waals surface area contributed by atoms with E-state index in [1.165, 1.54) is 63.6 Å². The van der Waals surface area contributed by atoms with Crippen LogP contribution in [0.25, 0.3) is 0 Å². The fraction of sp³-hybridized carbons (Fsp3) is 0.800. The maximum absolute atomic E-state index is 9.39. The summed E-state index contributed by atoms with van der Waals surface area (Å²) in [5.41, 5.74) is 1.91. The molecule has 2 aromatic rings. The largest absolute Gasteiger partial charge is 0.388 e. The van der Waals surface area contributed by atoms with Gasteiger partial charge in [-0.05, 0) is 69.3 Å². The summed E-state index contributed by atoms with van der Waals surface area (Å²) in [6, 6.07) is 1.33. The molecule has 0 aromatic carbocycles. The Balaban J connectivity index is 0.999. The summed E-state index contributed by atoms with van der Waals surface area (Å²) in [5, 5.41) is 22.7. The van der Waals surface area contributed by atoms with E-state index >= 15 is 0 Å². The molecule has 2 saturated carbocycles. The highest BCUT2D eigenvalue weighted by molar-refractivity contribution is 5.15. The third-order valence-corrected chi connectivity index (χ3v) is 9.14. The van der Waals surface area contributed by atoms with Crippen LogP contribution < -0.4 is 0 Å². The van der Waals surface area contributed by atoms with E-state index in [1.54, 1.807) is 0 Å². The molecule has 4 heterocycles. The molecule has 180 valence electrons. The van der Waals surface area contributed by atoms with Crippen LogP contribution >= 0.6 is 0 Å². The highest BCUT2D eigenvalue weighted by Gasteiger charge is 2.48.